The summed E-state index contributed by atoms with van der Waals surface area (Å²) in [5.74, 6) is 0. The molecule has 6 heteroatoms. The molecule has 0 atom stereocenters. The summed E-state index contributed by atoms with van der Waals surface area (Å²) in [4.78, 5) is 15.7. The van der Waals surface area contributed by atoms with Crippen LogP contribution in [0.3, 0.4) is 0 Å². The topological polar surface area (TPSA) is 68.1 Å². The van der Waals surface area contributed by atoms with Crippen LogP contribution in [0.25, 0.3) is 0 Å². The van der Waals surface area contributed by atoms with Gasteiger partial charge in [0, 0.05) is 23.6 Å². The summed E-state index contributed by atoms with van der Waals surface area (Å²) in [5, 5.41) is 13.9. The van der Waals surface area contributed by atoms with Crippen LogP contribution < -0.4 is 5.32 Å². The van der Waals surface area contributed by atoms with E-state index < -0.39 is 0 Å². The molecule has 1 aromatic carbocycles. The fraction of sp³-hybridized carbons (Fsp3) is 0.357. The van der Waals surface area contributed by atoms with E-state index in [-0.39, 0.29) is 10.6 Å². The number of aromatic nitrogens is 1. The van der Waals surface area contributed by atoms with Crippen molar-refractivity contribution in [2.45, 2.75) is 19.8 Å². The Kier molecular flexibility index (Phi) is 5.20. The van der Waals surface area contributed by atoms with Crippen LogP contribution in [0.4, 0.5) is 5.69 Å². The summed E-state index contributed by atoms with van der Waals surface area (Å²) < 4.78 is 0. The number of thiazole rings is 1. The third-order valence-electron chi connectivity index (χ3n) is 3.11. The lowest BCUT2D eigenvalue weighted by Crippen LogP contribution is -2.20. The third-order valence-corrected chi connectivity index (χ3v) is 4.11. The zero-order valence-electron chi connectivity index (χ0n) is 11.3. The Morgan fingerprint density at radius 1 is 1.25 bits per heavy atom. The maximum absolute atomic E-state index is 10.5. The average molecular weight is 291 g/mol. The molecule has 1 heterocycles. The van der Waals surface area contributed by atoms with Crippen molar-refractivity contribution < 1.29 is 4.92 Å². The van der Waals surface area contributed by atoms with E-state index in [0.29, 0.717) is 0 Å². The van der Waals surface area contributed by atoms with Crippen molar-refractivity contribution in [2.24, 2.45) is 0 Å². The maximum atomic E-state index is 10.5. The molecule has 5 nitrogen and oxygen atoms in total. The number of hydrogen-bond acceptors (Lipinski definition) is 5. The zero-order valence-corrected chi connectivity index (χ0v) is 12.2. The molecule has 0 saturated heterocycles. The first-order chi connectivity index (χ1) is 9.66. The monoisotopic (exact) mass is 291 g/mol. The predicted octanol–water partition coefficient (Wildman–Crippen LogP) is 2.73. The molecular formula is C14H17N3O2S. The largest absolute Gasteiger partial charge is 0.316 e. The molecule has 1 N–H and O–H groups in total. The van der Waals surface area contributed by atoms with Gasteiger partial charge in [-0.2, -0.15) is 0 Å². The predicted molar refractivity (Wildman–Crippen MR) is 80.2 cm³/mol. The number of hydrogen-bond donors (Lipinski definition) is 1. The molecule has 1 aromatic heterocycles. The van der Waals surface area contributed by atoms with Crippen molar-refractivity contribution in [1.82, 2.24) is 10.3 Å². The minimum atomic E-state index is -0.376. The van der Waals surface area contributed by atoms with Crippen molar-refractivity contribution in [1.29, 1.82) is 0 Å². The smallest absolute Gasteiger partial charge is 0.269 e. The molecule has 0 spiro atoms. The summed E-state index contributed by atoms with van der Waals surface area (Å²) >= 11 is 1.69. The molecule has 0 aliphatic rings. The normalized spacial score (nSPS) is 10.7. The highest BCUT2D eigenvalue weighted by atomic mass is 32.1. The quantitative estimate of drug-likeness (QED) is 0.484. The Hall–Kier alpha value is -1.79. The molecule has 0 saturated carbocycles. The van der Waals surface area contributed by atoms with Crippen LogP contribution in [-0.4, -0.2) is 23.0 Å². The van der Waals surface area contributed by atoms with Crippen molar-refractivity contribution in [3.8, 4) is 0 Å². The van der Waals surface area contributed by atoms with Crippen LogP contribution in [0.15, 0.2) is 29.8 Å². The number of non-ortho nitro benzene ring substituents is 1. The maximum Gasteiger partial charge on any atom is 0.269 e. The first-order valence-corrected chi connectivity index (χ1v) is 7.38. The van der Waals surface area contributed by atoms with Gasteiger partial charge in [0.1, 0.15) is 0 Å². The lowest BCUT2D eigenvalue weighted by Gasteiger charge is -2.04. The molecule has 2 rings (SSSR count). The van der Waals surface area contributed by atoms with E-state index in [1.807, 2.05) is 24.6 Å². The second-order valence-electron chi connectivity index (χ2n) is 4.53. The van der Waals surface area contributed by atoms with Crippen LogP contribution in [0.5, 0.6) is 0 Å². The first kappa shape index (κ1) is 14.6. The van der Waals surface area contributed by atoms with Gasteiger partial charge in [0.25, 0.3) is 5.69 Å². The average Bonchev–Trinajstić information content (AvgIpc) is 2.84. The molecule has 20 heavy (non-hydrogen) atoms. The van der Waals surface area contributed by atoms with Crippen LogP contribution >= 0.6 is 11.3 Å². The van der Waals surface area contributed by atoms with Gasteiger partial charge in [-0.3, -0.25) is 10.1 Å². The van der Waals surface area contributed by atoms with Crippen LogP contribution in [0.1, 0.15) is 16.1 Å². The van der Waals surface area contributed by atoms with E-state index >= 15 is 0 Å². The molecule has 0 amide bonds. The molecule has 0 bridgehead atoms. The Balaban J connectivity index is 1.68. The Morgan fingerprint density at radius 3 is 2.55 bits per heavy atom. The highest BCUT2D eigenvalue weighted by Gasteiger charge is 2.04. The van der Waals surface area contributed by atoms with E-state index in [9.17, 15) is 10.1 Å². The standard InChI is InChI=1S/C14H17N3O2S/c1-11-14(20-10-16-11)7-9-15-8-6-12-2-4-13(5-3-12)17(18)19/h2-5,10,15H,6-9H2,1H3. The Bertz CT molecular complexity index is 566. The minimum absolute atomic E-state index is 0.141. The van der Waals surface area contributed by atoms with Gasteiger partial charge in [0.2, 0.25) is 0 Å². The van der Waals surface area contributed by atoms with Gasteiger partial charge in [-0.1, -0.05) is 12.1 Å². The number of nitro groups is 1. The summed E-state index contributed by atoms with van der Waals surface area (Å²) in [5.41, 5.74) is 4.24. The van der Waals surface area contributed by atoms with Crippen molar-refractivity contribution >= 4 is 17.0 Å². The van der Waals surface area contributed by atoms with E-state index in [1.54, 1.807) is 23.5 Å². The molecule has 2 aromatic rings. The number of rotatable bonds is 7. The van der Waals surface area contributed by atoms with Crippen molar-refractivity contribution in [3.63, 3.8) is 0 Å². The van der Waals surface area contributed by atoms with E-state index in [0.717, 1.165) is 37.2 Å². The van der Waals surface area contributed by atoms with E-state index in [4.69, 9.17) is 0 Å². The van der Waals surface area contributed by atoms with Gasteiger partial charge >= 0.3 is 0 Å². The van der Waals surface area contributed by atoms with Crippen LogP contribution in [0, 0.1) is 17.0 Å². The van der Waals surface area contributed by atoms with Gasteiger partial charge < -0.3 is 5.32 Å². The number of nitro benzene ring substituents is 1. The molecule has 0 aliphatic carbocycles. The van der Waals surface area contributed by atoms with Crippen molar-refractivity contribution in [3.05, 3.63) is 56.0 Å². The fourth-order valence-electron chi connectivity index (χ4n) is 1.91. The first-order valence-electron chi connectivity index (χ1n) is 6.50. The second kappa shape index (κ2) is 7.12. The lowest BCUT2D eigenvalue weighted by molar-refractivity contribution is -0.384. The van der Waals surface area contributed by atoms with Gasteiger partial charge in [0.15, 0.2) is 0 Å². The number of aryl methyl sites for hydroxylation is 1. The number of benzene rings is 1. The lowest BCUT2D eigenvalue weighted by atomic mass is 10.1. The van der Waals surface area contributed by atoms with Gasteiger partial charge in [-0.25, -0.2) is 4.98 Å². The van der Waals surface area contributed by atoms with Crippen LogP contribution in [-0.2, 0) is 12.8 Å². The Morgan fingerprint density at radius 2 is 1.95 bits per heavy atom. The van der Waals surface area contributed by atoms with Crippen molar-refractivity contribution in [2.75, 3.05) is 13.1 Å². The molecular weight excluding hydrogens is 274 g/mol. The molecule has 0 aliphatic heterocycles. The minimum Gasteiger partial charge on any atom is -0.316 e. The fourth-order valence-corrected chi connectivity index (χ4v) is 2.69. The third kappa shape index (κ3) is 4.11. The number of nitrogens with one attached hydrogen (secondary N) is 1. The van der Waals surface area contributed by atoms with E-state index in [1.165, 1.54) is 4.88 Å². The molecule has 0 radical (unpaired) electrons. The van der Waals surface area contributed by atoms with Crippen LogP contribution in [0.2, 0.25) is 0 Å². The summed E-state index contributed by atoms with van der Waals surface area (Å²) in [6.07, 6.45) is 1.87. The Labute approximate surface area is 121 Å². The van der Waals surface area contributed by atoms with Gasteiger partial charge in [0.05, 0.1) is 16.1 Å². The van der Waals surface area contributed by atoms with Gasteiger partial charge in [-0.05, 0) is 31.9 Å². The molecule has 0 unspecified atom stereocenters. The zero-order chi connectivity index (χ0) is 14.4. The summed E-state index contributed by atoms with van der Waals surface area (Å²) in [7, 11) is 0. The highest BCUT2D eigenvalue weighted by Crippen LogP contribution is 2.13. The highest BCUT2D eigenvalue weighted by molar-refractivity contribution is 7.09. The number of nitrogens with zero attached hydrogens (tertiary/aromatic N) is 2. The second-order valence-corrected chi connectivity index (χ2v) is 5.47. The summed E-state index contributed by atoms with van der Waals surface area (Å²) in [6.45, 7) is 3.83. The molecule has 0 fully saturated rings. The molecule has 106 valence electrons. The van der Waals surface area contributed by atoms with Gasteiger partial charge in [-0.15, -0.1) is 11.3 Å². The summed E-state index contributed by atoms with van der Waals surface area (Å²) in [6, 6.07) is 6.73. The van der Waals surface area contributed by atoms with E-state index in [2.05, 4.69) is 10.3 Å². The SMILES string of the molecule is Cc1ncsc1CCNCCc1ccc([N+](=O)[O-])cc1.